The van der Waals surface area contributed by atoms with Crippen molar-refractivity contribution in [1.82, 2.24) is 30.2 Å². The summed E-state index contributed by atoms with van der Waals surface area (Å²) in [7, 11) is 0. The zero-order chi connectivity index (χ0) is 28.5. The number of benzene rings is 3. The van der Waals surface area contributed by atoms with E-state index in [2.05, 4.69) is 20.6 Å². The number of nitrogens with one attached hydrogen (secondary N) is 1. The lowest BCUT2D eigenvalue weighted by atomic mass is 9.97. The van der Waals surface area contributed by atoms with Gasteiger partial charge >= 0.3 is 5.97 Å². The number of aliphatic carboxylic acids is 1. The summed E-state index contributed by atoms with van der Waals surface area (Å²) in [6.07, 6.45) is 0.208. The van der Waals surface area contributed by atoms with E-state index in [4.69, 9.17) is 28.2 Å². The first kappa shape index (κ1) is 26.8. The lowest BCUT2D eigenvalue weighted by Gasteiger charge is -2.18. The number of carboxylic acid groups (broad SMARTS) is 1. The van der Waals surface area contributed by atoms with E-state index in [0.717, 1.165) is 22.3 Å². The van der Waals surface area contributed by atoms with Crippen LogP contribution in [0, 0.1) is 5.92 Å². The highest BCUT2D eigenvalue weighted by Gasteiger charge is 2.24. The molecule has 41 heavy (non-hydrogen) atoms. The molecule has 0 unspecified atom stereocenters. The molecule has 0 radical (unpaired) electrons. The SMILES string of the molecule is O=C(O)[C@H](Cc1ccc(Cl)cc1)Cn1c(-c2ccc(Cl)s2)nc2ccc(-c3ccccc3-c3nn[nH]n3)cc2c1=O. The molecule has 3 aromatic heterocycles. The molecule has 0 aliphatic rings. The monoisotopic (exact) mass is 602 g/mol. The van der Waals surface area contributed by atoms with E-state index in [1.807, 2.05) is 30.3 Å². The fourth-order valence-electron chi connectivity index (χ4n) is 4.74. The number of hydrogen-bond donors (Lipinski definition) is 2. The number of thiophene rings is 1. The minimum atomic E-state index is -1.02. The number of carboxylic acids is 1. The first-order valence-electron chi connectivity index (χ1n) is 12.5. The van der Waals surface area contributed by atoms with Gasteiger partial charge in [0.2, 0.25) is 5.82 Å². The van der Waals surface area contributed by atoms with Crippen LogP contribution in [0.4, 0.5) is 0 Å². The highest BCUT2D eigenvalue weighted by atomic mass is 35.5. The molecule has 0 bridgehead atoms. The van der Waals surface area contributed by atoms with Crippen molar-refractivity contribution in [3.8, 4) is 33.2 Å². The zero-order valence-electron chi connectivity index (χ0n) is 21.2. The molecule has 0 aliphatic heterocycles. The Hall–Kier alpha value is -4.38. The maximum absolute atomic E-state index is 14.1. The highest BCUT2D eigenvalue weighted by molar-refractivity contribution is 7.19. The normalized spacial score (nSPS) is 12.0. The molecule has 204 valence electrons. The molecule has 0 fully saturated rings. The van der Waals surface area contributed by atoms with Crippen molar-refractivity contribution in [2.75, 3.05) is 0 Å². The van der Waals surface area contributed by atoms with Gasteiger partial charge in [-0.25, -0.2) is 4.98 Å². The lowest BCUT2D eigenvalue weighted by molar-refractivity contribution is -0.142. The first-order chi connectivity index (χ1) is 19.9. The van der Waals surface area contributed by atoms with Gasteiger partial charge in [0.05, 0.1) is 26.0 Å². The van der Waals surface area contributed by atoms with Crippen molar-refractivity contribution >= 4 is 51.4 Å². The Labute approximate surface area is 247 Å². The van der Waals surface area contributed by atoms with Crippen LogP contribution in [0.1, 0.15) is 5.56 Å². The van der Waals surface area contributed by atoms with E-state index in [1.165, 1.54) is 15.9 Å². The largest absolute Gasteiger partial charge is 0.481 e. The van der Waals surface area contributed by atoms with Crippen molar-refractivity contribution in [3.63, 3.8) is 0 Å². The standard InChI is InChI=1S/C29H20Cl2N6O3S/c30-19-8-5-16(6-9-19)13-18(29(39)40)15-37-27(24-11-12-25(31)41-24)32-23-10-7-17(14-22(23)28(37)38)20-3-1-2-4-21(20)26-33-35-36-34-26/h1-12,14,18H,13,15H2,(H,39,40)(H,33,34,35,36)/t18-/m1/s1. The molecule has 0 amide bonds. The molecule has 6 rings (SSSR count). The molecule has 3 heterocycles. The molecule has 9 nitrogen and oxygen atoms in total. The first-order valence-corrected chi connectivity index (χ1v) is 14.1. The van der Waals surface area contributed by atoms with Gasteiger partial charge in [0.15, 0.2) is 5.82 Å². The number of hydrogen-bond acceptors (Lipinski definition) is 7. The van der Waals surface area contributed by atoms with Gasteiger partial charge in [-0.05, 0) is 64.7 Å². The Bertz CT molecular complexity index is 1940. The van der Waals surface area contributed by atoms with Gasteiger partial charge in [0.1, 0.15) is 0 Å². The van der Waals surface area contributed by atoms with Crippen molar-refractivity contribution in [1.29, 1.82) is 0 Å². The lowest BCUT2D eigenvalue weighted by Crippen LogP contribution is -2.31. The fraction of sp³-hybridized carbons (Fsp3) is 0.103. The number of carbonyl (C=O) groups is 1. The van der Waals surface area contributed by atoms with Crippen LogP contribution in [0.15, 0.2) is 83.7 Å². The number of fused-ring (bicyclic) bond motifs is 1. The smallest absolute Gasteiger partial charge is 0.308 e. The minimum Gasteiger partial charge on any atom is -0.481 e. The number of H-pyrrole nitrogens is 1. The van der Waals surface area contributed by atoms with E-state index in [9.17, 15) is 14.7 Å². The van der Waals surface area contributed by atoms with Crippen LogP contribution < -0.4 is 5.56 Å². The second-order valence-corrected chi connectivity index (χ2v) is 11.5. The Morgan fingerprint density at radius 2 is 1.78 bits per heavy atom. The maximum atomic E-state index is 14.1. The van der Waals surface area contributed by atoms with Crippen molar-refractivity contribution in [3.05, 3.63) is 104 Å². The van der Waals surface area contributed by atoms with Crippen molar-refractivity contribution in [2.45, 2.75) is 13.0 Å². The Morgan fingerprint density at radius 1 is 1.00 bits per heavy atom. The molecule has 0 saturated carbocycles. The van der Waals surface area contributed by atoms with Gasteiger partial charge in [0.25, 0.3) is 5.56 Å². The summed E-state index contributed by atoms with van der Waals surface area (Å²) < 4.78 is 1.97. The molecular weight excluding hydrogens is 583 g/mol. The molecule has 1 atom stereocenters. The summed E-state index contributed by atoms with van der Waals surface area (Å²) in [4.78, 5) is 32.0. The van der Waals surface area contributed by atoms with Crippen LogP contribution in [0.25, 0.3) is 44.1 Å². The van der Waals surface area contributed by atoms with Crippen molar-refractivity contribution in [2.24, 2.45) is 5.92 Å². The Kier molecular flexibility index (Phi) is 7.36. The summed E-state index contributed by atoms with van der Waals surface area (Å²) in [6, 6.07) is 23.5. The van der Waals surface area contributed by atoms with E-state index in [0.29, 0.717) is 36.8 Å². The van der Waals surface area contributed by atoms with Gasteiger partial charge in [-0.3, -0.25) is 14.2 Å². The van der Waals surface area contributed by atoms with E-state index >= 15 is 0 Å². The number of halogens is 2. The van der Waals surface area contributed by atoms with Crippen LogP contribution in [0.2, 0.25) is 9.36 Å². The summed E-state index contributed by atoms with van der Waals surface area (Å²) in [6.45, 7) is -0.0890. The molecule has 0 saturated heterocycles. The van der Waals surface area contributed by atoms with E-state index in [1.54, 1.807) is 48.5 Å². The van der Waals surface area contributed by atoms with Gasteiger partial charge in [0, 0.05) is 17.1 Å². The molecule has 0 aliphatic carbocycles. The predicted octanol–water partition coefficient (Wildman–Crippen LogP) is 6.22. The van der Waals surface area contributed by atoms with Gasteiger partial charge in [-0.2, -0.15) is 5.21 Å². The number of nitrogens with zero attached hydrogens (tertiary/aromatic N) is 5. The van der Waals surface area contributed by atoms with Gasteiger partial charge < -0.3 is 5.11 Å². The molecule has 0 spiro atoms. The van der Waals surface area contributed by atoms with Crippen LogP contribution in [-0.4, -0.2) is 41.3 Å². The minimum absolute atomic E-state index is 0.0890. The molecular formula is C29H20Cl2N6O3S. The third kappa shape index (κ3) is 5.49. The number of aromatic amines is 1. The van der Waals surface area contributed by atoms with Crippen LogP contribution in [-0.2, 0) is 17.8 Å². The number of rotatable bonds is 8. The predicted molar refractivity (Wildman–Crippen MR) is 159 cm³/mol. The second-order valence-electron chi connectivity index (χ2n) is 9.33. The Morgan fingerprint density at radius 3 is 2.46 bits per heavy atom. The molecule has 2 N–H and O–H groups in total. The van der Waals surface area contributed by atoms with Crippen LogP contribution in [0.5, 0.6) is 0 Å². The maximum Gasteiger partial charge on any atom is 0.308 e. The molecule has 12 heteroatoms. The van der Waals surface area contributed by atoms with Gasteiger partial charge in [-0.15, -0.1) is 21.5 Å². The second kappa shape index (κ2) is 11.2. The summed E-state index contributed by atoms with van der Waals surface area (Å²) in [5.74, 6) is -1.14. The number of aromatic nitrogens is 6. The summed E-state index contributed by atoms with van der Waals surface area (Å²) >= 11 is 13.5. The van der Waals surface area contributed by atoms with E-state index < -0.39 is 11.9 Å². The highest BCUT2D eigenvalue weighted by Crippen LogP contribution is 2.33. The van der Waals surface area contributed by atoms with Crippen LogP contribution in [0.3, 0.4) is 0 Å². The average molecular weight is 603 g/mol. The summed E-state index contributed by atoms with van der Waals surface area (Å²) in [5.41, 5.74) is 3.23. The zero-order valence-corrected chi connectivity index (χ0v) is 23.5. The van der Waals surface area contributed by atoms with Crippen LogP contribution >= 0.6 is 34.5 Å². The number of tetrazole rings is 1. The third-order valence-electron chi connectivity index (χ3n) is 6.72. The fourth-order valence-corrected chi connectivity index (χ4v) is 5.91. The Balaban J connectivity index is 1.49. The van der Waals surface area contributed by atoms with Crippen molar-refractivity contribution < 1.29 is 9.90 Å². The topological polar surface area (TPSA) is 127 Å². The third-order valence-corrected chi connectivity index (χ3v) is 8.20. The average Bonchev–Trinajstić information content (AvgIpc) is 3.67. The van der Waals surface area contributed by atoms with E-state index in [-0.39, 0.29) is 18.5 Å². The van der Waals surface area contributed by atoms with Gasteiger partial charge in [-0.1, -0.05) is 65.7 Å². The quantitative estimate of drug-likeness (QED) is 0.211. The molecule has 6 aromatic rings. The molecule has 3 aromatic carbocycles. The summed E-state index contributed by atoms with van der Waals surface area (Å²) in [5, 5.41) is 25.4.